The topological polar surface area (TPSA) is 80.7 Å². The second kappa shape index (κ2) is 6.91. The van der Waals surface area contributed by atoms with Gasteiger partial charge < -0.3 is 9.84 Å². The van der Waals surface area contributed by atoms with E-state index in [1.165, 1.54) is 6.92 Å². The van der Waals surface area contributed by atoms with Crippen molar-refractivity contribution in [3.8, 4) is 0 Å². The van der Waals surface area contributed by atoms with Crippen molar-refractivity contribution >= 4 is 40.7 Å². The Bertz CT molecular complexity index is 881. The van der Waals surface area contributed by atoms with Gasteiger partial charge in [-0.2, -0.15) is 0 Å². The number of ether oxygens (including phenoxy) is 1. The van der Waals surface area contributed by atoms with Gasteiger partial charge in [0.2, 0.25) is 5.78 Å². The molecule has 7 heteroatoms. The number of allylic oxidation sites excluding steroid dienone is 4. The summed E-state index contributed by atoms with van der Waals surface area (Å²) in [7, 11) is 0. The van der Waals surface area contributed by atoms with E-state index in [9.17, 15) is 19.5 Å². The number of esters is 1. The first kappa shape index (κ1) is 22.0. The van der Waals surface area contributed by atoms with Gasteiger partial charge in [0.05, 0.1) is 10.3 Å². The SMILES string of the molecule is CC(=O)OCC(=O)[C@@]1(O)CC[C@H]2[C@@H]3CCC4=CC(=O)C=C[C@]4(C)[C@@]3(Cl)C(Cl)C[C@@]21C. The molecule has 0 aromatic carbocycles. The molecule has 1 unspecified atom stereocenters. The van der Waals surface area contributed by atoms with E-state index in [1.807, 2.05) is 19.9 Å². The number of halogens is 2. The van der Waals surface area contributed by atoms with Gasteiger partial charge >= 0.3 is 5.97 Å². The molecule has 7 atom stereocenters. The molecule has 3 saturated carbocycles. The van der Waals surface area contributed by atoms with Crippen LogP contribution in [0.25, 0.3) is 0 Å². The lowest BCUT2D eigenvalue weighted by molar-refractivity contribution is -0.167. The van der Waals surface area contributed by atoms with Crippen LogP contribution in [0.4, 0.5) is 0 Å². The standard InChI is InChI=1S/C23H28Cl2O5/c1-13(26)30-12-19(28)22(29)9-7-16-17-5-4-14-10-15(27)6-8-20(14,2)23(17,25)18(24)11-21(16,22)3/h6,8,10,16-18,29H,4-5,7,9,11-12H2,1-3H3/t16-,17-,18?,20-,21-,22-,23-/m0/s1. The fraction of sp³-hybridized carbons (Fsp3) is 0.696. The number of Topliss-reactive ketones (excluding diaryl/α,β-unsaturated/α-hetero) is 1. The summed E-state index contributed by atoms with van der Waals surface area (Å²) in [5.74, 6) is -1.07. The summed E-state index contributed by atoms with van der Waals surface area (Å²) in [6.45, 7) is 4.78. The highest BCUT2D eigenvalue weighted by Gasteiger charge is 2.72. The van der Waals surface area contributed by atoms with E-state index in [4.69, 9.17) is 27.9 Å². The molecule has 4 aliphatic rings. The van der Waals surface area contributed by atoms with Crippen LogP contribution in [0.2, 0.25) is 0 Å². The Morgan fingerprint density at radius 2 is 1.97 bits per heavy atom. The van der Waals surface area contributed by atoms with Crippen LogP contribution in [0, 0.1) is 22.7 Å². The molecule has 0 aliphatic heterocycles. The van der Waals surface area contributed by atoms with Crippen LogP contribution in [-0.4, -0.2) is 45.1 Å². The van der Waals surface area contributed by atoms with Crippen LogP contribution in [0.15, 0.2) is 23.8 Å². The smallest absolute Gasteiger partial charge is 0.303 e. The summed E-state index contributed by atoms with van der Waals surface area (Å²) in [5.41, 5.74) is -1.91. The molecule has 0 aromatic rings. The summed E-state index contributed by atoms with van der Waals surface area (Å²) in [4.78, 5) is 35.3. The maximum Gasteiger partial charge on any atom is 0.303 e. The van der Waals surface area contributed by atoms with Crippen molar-refractivity contribution in [1.82, 2.24) is 0 Å². The predicted octanol–water partition coefficient (Wildman–Crippen LogP) is 3.74. The number of carbonyl (C=O) groups is 3. The molecule has 5 nitrogen and oxygen atoms in total. The molecule has 4 rings (SSSR count). The number of ketones is 2. The Hall–Kier alpha value is -1.17. The number of alkyl halides is 2. The molecule has 4 aliphatic carbocycles. The molecule has 0 radical (unpaired) electrons. The summed E-state index contributed by atoms with van der Waals surface area (Å²) >= 11 is 14.4. The average molecular weight is 455 g/mol. The number of rotatable bonds is 3. The van der Waals surface area contributed by atoms with E-state index in [-0.39, 0.29) is 17.6 Å². The van der Waals surface area contributed by atoms with Crippen LogP contribution in [0.5, 0.6) is 0 Å². The van der Waals surface area contributed by atoms with Crippen molar-refractivity contribution in [2.24, 2.45) is 22.7 Å². The molecule has 3 fully saturated rings. The highest BCUT2D eigenvalue weighted by atomic mass is 35.5. The molecule has 1 N–H and O–H groups in total. The van der Waals surface area contributed by atoms with Gasteiger partial charge in [0.1, 0.15) is 5.60 Å². The number of aliphatic hydroxyl groups is 1. The van der Waals surface area contributed by atoms with Crippen LogP contribution in [0.3, 0.4) is 0 Å². The Labute approximate surface area is 186 Å². The van der Waals surface area contributed by atoms with Crippen molar-refractivity contribution in [3.63, 3.8) is 0 Å². The van der Waals surface area contributed by atoms with Gasteiger partial charge in [0, 0.05) is 17.8 Å². The van der Waals surface area contributed by atoms with Gasteiger partial charge in [-0.1, -0.05) is 25.5 Å². The van der Waals surface area contributed by atoms with Crippen LogP contribution in [0.1, 0.15) is 52.9 Å². The van der Waals surface area contributed by atoms with Gasteiger partial charge in [-0.05, 0) is 56.1 Å². The van der Waals surface area contributed by atoms with Gasteiger partial charge in [-0.3, -0.25) is 14.4 Å². The third-order valence-corrected chi connectivity index (χ3v) is 10.2. The molecule has 0 saturated heterocycles. The maximum atomic E-state index is 12.9. The zero-order valence-electron chi connectivity index (χ0n) is 17.5. The lowest BCUT2D eigenvalue weighted by Gasteiger charge is -2.63. The molecule has 0 bridgehead atoms. The fourth-order valence-electron chi connectivity index (χ4n) is 6.89. The predicted molar refractivity (Wildman–Crippen MR) is 113 cm³/mol. The Balaban J connectivity index is 1.72. The number of hydrogen-bond donors (Lipinski definition) is 1. The minimum atomic E-state index is -1.60. The van der Waals surface area contributed by atoms with Crippen molar-refractivity contribution < 1.29 is 24.2 Å². The highest BCUT2D eigenvalue weighted by Crippen LogP contribution is 2.71. The summed E-state index contributed by atoms with van der Waals surface area (Å²) in [5, 5.41) is 11.0. The zero-order chi connectivity index (χ0) is 22.1. The highest BCUT2D eigenvalue weighted by molar-refractivity contribution is 6.34. The van der Waals surface area contributed by atoms with Gasteiger partial charge in [0.15, 0.2) is 12.4 Å². The third kappa shape index (κ3) is 2.67. The lowest BCUT2D eigenvalue weighted by atomic mass is 9.46. The zero-order valence-corrected chi connectivity index (χ0v) is 19.1. The number of carbonyl (C=O) groups excluding carboxylic acids is 3. The molecule has 0 heterocycles. The van der Waals surface area contributed by atoms with Gasteiger partial charge in [-0.15, -0.1) is 23.2 Å². The van der Waals surface area contributed by atoms with E-state index in [1.54, 1.807) is 12.2 Å². The number of hydrogen-bond acceptors (Lipinski definition) is 5. The van der Waals surface area contributed by atoms with E-state index < -0.39 is 45.0 Å². The van der Waals surface area contributed by atoms with Crippen molar-refractivity contribution in [2.45, 2.75) is 68.7 Å². The van der Waals surface area contributed by atoms with Gasteiger partial charge in [0.25, 0.3) is 0 Å². The van der Waals surface area contributed by atoms with E-state index in [0.29, 0.717) is 19.3 Å². The molecule has 30 heavy (non-hydrogen) atoms. The van der Waals surface area contributed by atoms with E-state index in [2.05, 4.69) is 0 Å². The first-order chi connectivity index (χ1) is 13.9. The summed E-state index contributed by atoms with van der Waals surface area (Å²) < 4.78 is 4.90. The Morgan fingerprint density at radius 1 is 1.27 bits per heavy atom. The normalized spacial score (nSPS) is 47.1. The minimum Gasteiger partial charge on any atom is -0.458 e. The summed E-state index contributed by atoms with van der Waals surface area (Å²) in [6, 6.07) is 0. The first-order valence-corrected chi connectivity index (χ1v) is 11.4. The van der Waals surface area contributed by atoms with Crippen LogP contribution < -0.4 is 0 Å². The van der Waals surface area contributed by atoms with E-state index >= 15 is 0 Å². The van der Waals surface area contributed by atoms with Gasteiger partial charge in [-0.25, -0.2) is 0 Å². The maximum absolute atomic E-state index is 12.9. The molecule has 164 valence electrons. The second-order valence-electron chi connectivity index (χ2n) is 9.82. The third-order valence-electron chi connectivity index (χ3n) is 8.62. The average Bonchev–Trinajstić information content (AvgIpc) is 2.94. The summed E-state index contributed by atoms with van der Waals surface area (Å²) in [6.07, 6.45) is 7.97. The van der Waals surface area contributed by atoms with Crippen molar-refractivity contribution in [3.05, 3.63) is 23.8 Å². The van der Waals surface area contributed by atoms with Crippen LogP contribution in [-0.2, 0) is 19.1 Å². The molecule has 0 spiro atoms. The number of fused-ring (bicyclic) bond motifs is 5. The molecular weight excluding hydrogens is 427 g/mol. The second-order valence-corrected chi connectivity index (χ2v) is 11.0. The largest absolute Gasteiger partial charge is 0.458 e. The monoisotopic (exact) mass is 454 g/mol. The first-order valence-electron chi connectivity index (χ1n) is 10.6. The quantitative estimate of drug-likeness (QED) is 0.518. The van der Waals surface area contributed by atoms with Crippen molar-refractivity contribution in [2.75, 3.05) is 6.61 Å². The van der Waals surface area contributed by atoms with E-state index in [0.717, 1.165) is 18.4 Å². The van der Waals surface area contributed by atoms with Crippen molar-refractivity contribution in [1.29, 1.82) is 0 Å². The lowest BCUT2D eigenvalue weighted by Crippen LogP contribution is -2.67. The Kier molecular flexibility index (Phi) is 5.08. The Morgan fingerprint density at radius 3 is 2.63 bits per heavy atom. The molecule has 0 amide bonds. The minimum absolute atomic E-state index is 0.000631. The van der Waals surface area contributed by atoms with Crippen LogP contribution >= 0.6 is 23.2 Å². The molecule has 0 aromatic heterocycles. The molecular formula is C23H28Cl2O5. The fourth-order valence-corrected chi connectivity index (χ4v) is 8.13.